The molecule has 8 heteroatoms. The first-order valence-corrected chi connectivity index (χ1v) is 6.89. The van der Waals surface area contributed by atoms with Gasteiger partial charge in [0.15, 0.2) is 0 Å². The Hall–Kier alpha value is -1.96. The molecule has 1 unspecified atom stereocenters. The highest BCUT2D eigenvalue weighted by Gasteiger charge is 2.41. The molecule has 1 saturated heterocycles. The van der Waals surface area contributed by atoms with Gasteiger partial charge >= 0.3 is 5.69 Å². The molecule has 0 saturated carbocycles. The van der Waals surface area contributed by atoms with Crippen molar-refractivity contribution >= 4 is 11.6 Å². The molecule has 1 aliphatic heterocycles. The van der Waals surface area contributed by atoms with Crippen LogP contribution in [0.3, 0.4) is 0 Å². The summed E-state index contributed by atoms with van der Waals surface area (Å²) in [5.74, 6) is -0.0994. The zero-order valence-corrected chi connectivity index (χ0v) is 12.6. The van der Waals surface area contributed by atoms with Crippen LogP contribution in [0.15, 0.2) is 12.4 Å². The van der Waals surface area contributed by atoms with E-state index in [9.17, 15) is 14.9 Å². The minimum absolute atomic E-state index is 0.0537. The van der Waals surface area contributed by atoms with Gasteiger partial charge in [-0.1, -0.05) is 6.92 Å². The van der Waals surface area contributed by atoms with Gasteiger partial charge in [0.1, 0.15) is 17.9 Å². The van der Waals surface area contributed by atoms with Gasteiger partial charge in [0.25, 0.3) is 0 Å². The molecule has 0 aromatic carbocycles. The van der Waals surface area contributed by atoms with Crippen molar-refractivity contribution in [3.8, 4) is 0 Å². The number of amides is 1. The van der Waals surface area contributed by atoms with Crippen LogP contribution in [0.4, 0.5) is 5.69 Å². The molecule has 21 heavy (non-hydrogen) atoms. The lowest BCUT2D eigenvalue weighted by Gasteiger charge is -2.30. The maximum Gasteiger partial charge on any atom is 0.307 e. The summed E-state index contributed by atoms with van der Waals surface area (Å²) in [7, 11) is 0. The summed E-state index contributed by atoms with van der Waals surface area (Å²) in [5.41, 5.74) is 4.62. The number of likely N-dealkylation sites (tertiary alicyclic amines) is 1. The van der Waals surface area contributed by atoms with Crippen molar-refractivity contribution in [1.29, 1.82) is 0 Å². The highest BCUT2D eigenvalue weighted by molar-refractivity contribution is 5.84. The lowest BCUT2D eigenvalue weighted by Crippen LogP contribution is -2.47. The first-order chi connectivity index (χ1) is 9.69. The number of nitrogens with two attached hydrogens (primary N) is 1. The Morgan fingerprint density at radius 3 is 2.76 bits per heavy atom. The monoisotopic (exact) mass is 295 g/mol. The van der Waals surface area contributed by atoms with Crippen LogP contribution in [0, 0.1) is 15.5 Å². The molecule has 2 N–H and O–H groups in total. The first kappa shape index (κ1) is 15.4. The Morgan fingerprint density at radius 1 is 1.62 bits per heavy atom. The van der Waals surface area contributed by atoms with Gasteiger partial charge in [0, 0.05) is 13.1 Å². The molecule has 0 aliphatic carbocycles. The number of hydrogen-bond acceptors (Lipinski definition) is 5. The first-order valence-electron chi connectivity index (χ1n) is 6.89. The Labute approximate surface area is 123 Å². The van der Waals surface area contributed by atoms with Crippen LogP contribution in [-0.4, -0.2) is 45.1 Å². The molecule has 0 spiro atoms. The van der Waals surface area contributed by atoms with E-state index in [-0.39, 0.29) is 17.0 Å². The summed E-state index contributed by atoms with van der Waals surface area (Å²) in [6.07, 6.45) is 3.31. The topological polar surface area (TPSA) is 107 Å². The molecule has 0 bridgehead atoms. The van der Waals surface area contributed by atoms with Gasteiger partial charge in [0.05, 0.1) is 4.92 Å². The van der Waals surface area contributed by atoms with Crippen molar-refractivity contribution in [2.75, 3.05) is 19.6 Å². The van der Waals surface area contributed by atoms with Crippen molar-refractivity contribution in [1.82, 2.24) is 14.7 Å². The third kappa shape index (κ3) is 2.76. The summed E-state index contributed by atoms with van der Waals surface area (Å²) in [5, 5.41) is 14.7. The summed E-state index contributed by atoms with van der Waals surface area (Å²) >= 11 is 0. The number of carbonyl (C=O) groups is 1. The molecule has 1 aliphatic rings. The normalized spacial score (nSPS) is 22.6. The number of rotatable bonds is 4. The maximum absolute atomic E-state index is 12.7. The van der Waals surface area contributed by atoms with E-state index in [1.54, 1.807) is 18.7 Å². The van der Waals surface area contributed by atoms with Gasteiger partial charge in [-0.3, -0.25) is 19.6 Å². The Kier molecular flexibility index (Phi) is 3.75. The molecular weight excluding hydrogens is 274 g/mol. The van der Waals surface area contributed by atoms with Gasteiger partial charge in [-0.2, -0.15) is 5.10 Å². The Morgan fingerprint density at radius 2 is 2.29 bits per heavy atom. The molecular formula is C13H21N5O3. The van der Waals surface area contributed by atoms with Crippen LogP contribution in [-0.2, 0) is 10.3 Å². The van der Waals surface area contributed by atoms with Gasteiger partial charge in [-0.15, -0.1) is 0 Å². The summed E-state index contributed by atoms with van der Waals surface area (Å²) < 4.78 is 1.35. The van der Waals surface area contributed by atoms with E-state index < -0.39 is 10.5 Å². The van der Waals surface area contributed by atoms with Crippen LogP contribution in [0.2, 0.25) is 0 Å². The maximum atomic E-state index is 12.7. The minimum Gasteiger partial charge on any atom is -0.340 e. The molecule has 1 fully saturated rings. The van der Waals surface area contributed by atoms with E-state index in [2.05, 4.69) is 12.0 Å². The number of aromatic nitrogens is 2. The Balaban J connectivity index is 2.19. The lowest BCUT2D eigenvalue weighted by atomic mass is 9.90. The Bertz CT molecular complexity index is 568. The standard InChI is InChI=1S/C13H21N5O3/c1-12(2,17-7-10(6-15-17)18(20)21)11(19)16-5-4-13(3,8-14)9-16/h6-7H,4-5,8-9,14H2,1-3H3. The van der Waals surface area contributed by atoms with E-state index in [1.807, 2.05) is 0 Å². The molecule has 2 rings (SSSR count). The molecule has 1 amide bonds. The average molecular weight is 295 g/mol. The number of nitro groups is 1. The van der Waals surface area contributed by atoms with Crippen LogP contribution in [0.1, 0.15) is 27.2 Å². The predicted molar refractivity (Wildman–Crippen MR) is 76.6 cm³/mol. The van der Waals surface area contributed by atoms with Crippen LogP contribution < -0.4 is 5.73 Å². The predicted octanol–water partition coefficient (Wildman–Crippen LogP) is 0.724. The molecule has 1 aromatic heterocycles. The van der Waals surface area contributed by atoms with E-state index in [0.29, 0.717) is 19.6 Å². The summed E-state index contributed by atoms with van der Waals surface area (Å²) in [4.78, 5) is 24.7. The fraction of sp³-hybridized carbons (Fsp3) is 0.692. The average Bonchev–Trinajstić information content (AvgIpc) is 3.05. The third-order valence-corrected chi connectivity index (χ3v) is 4.21. The second-order valence-electron chi connectivity index (χ2n) is 6.45. The third-order valence-electron chi connectivity index (χ3n) is 4.21. The zero-order chi connectivity index (χ0) is 15.8. The highest BCUT2D eigenvalue weighted by Crippen LogP contribution is 2.31. The molecule has 1 atom stereocenters. The van der Waals surface area contributed by atoms with Crippen molar-refractivity contribution in [3.05, 3.63) is 22.5 Å². The number of carbonyl (C=O) groups excluding carboxylic acids is 1. The van der Waals surface area contributed by atoms with Crippen molar-refractivity contribution in [2.45, 2.75) is 32.7 Å². The van der Waals surface area contributed by atoms with Crippen LogP contribution in [0.5, 0.6) is 0 Å². The van der Waals surface area contributed by atoms with E-state index >= 15 is 0 Å². The fourth-order valence-electron chi connectivity index (χ4n) is 2.56. The fourth-order valence-corrected chi connectivity index (χ4v) is 2.56. The van der Waals surface area contributed by atoms with Crippen molar-refractivity contribution in [2.24, 2.45) is 11.1 Å². The number of nitrogens with zero attached hydrogens (tertiary/aromatic N) is 4. The SMILES string of the molecule is CC1(CN)CCN(C(=O)C(C)(C)n2cc([N+](=O)[O-])cn2)C1. The summed E-state index contributed by atoms with van der Waals surface area (Å²) in [6, 6.07) is 0. The lowest BCUT2D eigenvalue weighted by molar-refractivity contribution is -0.385. The van der Waals surface area contributed by atoms with Crippen LogP contribution in [0.25, 0.3) is 0 Å². The largest absolute Gasteiger partial charge is 0.340 e. The smallest absolute Gasteiger partial charge is 0.307 e. The van der Waals surface area contributed by atoms with Crippen LogP contribution >= 0.6 is 0 Å². The molecule has 0 radical (unpaired) electrons. The van der Waals surface area contributed by atoms with E-state index in [1.165, 1.54) is 10.9 Å². The van der Waals surface area contributed by atoms with Gasteiger partial charge < -0.3 is 10.6 Å². The van der Waals surface area contributed by atoms with Gasteiger partial charge in [-0.25, -0.2) is 0 Å². The quantitative estimate of drug-likeness (QED) is 0.650. The zero-order valence-electron chi connectivity index (χ0n) is 12.6. The summed E-state index contributed by atoms with van der Waals surface area (Å²) in [6.45, 7) is 7.28. The van der Waals surface area contributed by atoms with E-state index in [0.717, 1.165) is 12.6 Å². The number of hydrogen-bond donors (Lipinski definition) is 1. The molecule has 116 valence electrons. The van der Waals surface area contributed by atoms with Gasteiger partial charge in [-0.05, 0) is 32.2 Å². The second-order valence-corrected chi connectivity index (χ2v) is 6.45. The van der Waals surface area contributed by atoms with E-state index in [4.69, 9.17) is 5.73 Å². The second kappa shape index (κ2) is 5.10. The van der Waals surface area contributed by atoms with Crippen molar-refractivity contribution < 1.29 is 9.72 Å². The minimum atomic E-state index is -0.964. The van der Waals surface area contributed by atoms with Crippen molar-refractivity contribution in [3.63, 3.8) is 0 Å². The molecule has 2 heterocycles. The molecule has 1 aromatic rings. The highest BCUT2D eigenvalue weighted by atomic mass is 16.6. The van der Waals surface area contributed by atoms with Gasteiger partial charge in [0.2, 0.25) is 5.91 Å². The molecule has 8 nitrogen and oxygen atoms in total.